The molecule has 1 saturated heterocycles. The molecule has 4 heteroatoms. The average molecular weight is 236 g/mol. The smallest absolute Gasteiger partial charge is 0.0606 e. The molecule has 2 unspecified atom stereocenters. The van der Waals surface area contributed by atoms with Gasteiger partial charge in [0.25, 0.3) is 0 Å². The third-order valence-electron chi connectivity index (χ3n) is 3.21. The van der Waals surface area contributed by atoms with E-state index in [-0.39, 0.29) is 6.10 Å². The largest absolute Gasteiger partial charge is 0.398 e. The maximum Gasteiger partial charge on any atom is 0.0606 e. The molecule has 0 spiro atoms. The summed E-state index contributed by atoms with van der Waals surface area (Å²) in [7, 11) is 0. The van der Waals surface area contributed by atoms with Crippen molar-refractivity contribution in [2.24, 2.45) is 0 Å². The van der Waals surface area contributed by atoms with Crippen LogP contribution in [0.5, 0.6) is 0 Å². The van der Waals surface area contributed by atoms with E-state index in [4.69, 9.17) is 10.5 Å². The number of aliphatic hydroxyl groups is 1. The van der Waals surface area contributed by atoms with Crippen LogP contribution in [0.4, 0.5) is 5.69 Å². The van der Waals surface area contributed by atoms with Gasteiger partial charge in [0.2, 0.25) is 0 Å². The summed E-state index contributed by atoms with van der Waals surface area (Å²) < 4.78 is 5.61. The Hall–Kier alpha value is -1.13. The number of ether oxygens (including phenoxy) is 1. The zero-order valence-electron chi connectivity index (χ0n) is 10.0. The number of rotatable bonds is 4. The van der Waals surface area contributed by atoms with Crippen molar-refractivity contribution in [3.05, 3.63) is 24.0 Å². The van der Waals surface area contributed by atoms with Crippen molar-refractivity contribution in [1.82, 2.24) is 4.98 Å². The Bertz CT molecular complexity index is 351. The van der Waals surface area contributed by atoms with Crippen molar-refractivity contribution in [2.75, 3.05) is 12.3 Å². The zero-order chi connectivity index (χ0) is 12.1. The van der Waals surface area contributed by atoms with Crippen molar-refractivity contribution in [2.45, 2.75) is 44.3 Å². The van der Waals surface area contributed by atoms with Crippen LogP contribution >= 0.6 is 0 Å². The van der Waals surface area contributed by atoms with Crippen molar-refractivity contribution in [1.29, 1.82) is 0 Å². The lowest BCUT2D eigenvalue weighted by Crippen LogP contribution is -2.26. The van der Waals surface area contributed by atoms with Crippen molar-refractivity contribution < 1.29 is 9.84 Å². The first-order chi connectivity index (χ1) is 8.25. The molecule has 2 rings (SSSR count). The van der Waals surface area contributed by atoms with E-state index in [0.717, 1.165) is 25.0 Å². The fourth-order valence-corrected chi connectivity index (χ4v) is 2.24. The van der Waals surface area contributed by atoms with E-state index < -0.39 is 6.10 Å². The summed E-state index contributed by atoms with van der Waals surface area (Å²) >= 11 is 0. The molecule has 0 amide bonds. The van der Waals surface area contributed by atoms with Crippen molar-refractivity contribution in [3.63, 3.8) is 0 Å². The Morgan fingerprint density at radius 1 is 1.53 bits per heavy atom. The molecule has 0 radical (unpaired) electrons. The highest BCUT2D eigenvalue weighted by Gasteiger charge is 2.18. The summed E-state index contributed by atoms with van der Waals surface area (Å²) in [6.07, 6.45) is 7.83. The second-order valence-corrected chi connectivity index (χ2v) is 4.66. The number of hydrogen-bond donors (Lipinski definition) is 2. The Morgan fingerprint density at radius 3 is 3.12 bits per heavy atom. The van der Waals surface area contributed by atoms with E-state index in [1.54, 1.807) is 18.5 Å². The highest BCUT2D eigenvalue weighted by atomic mass is 16.5. The first-order valence-electron chi connectivity index (χ1n) is 6.23. The molecule has 1 fully saturated rings. The molecule has 2 atom stereocenters. The van der Waals surface area contributed by atoms with Crippen molar-refractivity contribution in [3.8, 4) is 0 Å². The molecule has 94 valence electrons. The predicted molar refractivity (Wildman–Crippen MR) is 66.6 cm³/mol. The molecule has 0 bridgehead atoms. The molecule has 4 nitrogen and oxygen atoms in total. The van der Waals surface area contributed by atoms with E-state index >= 15 is 0 Å². The number of aromatic nitrogens is 1. The van der Waals surface area contributed by atoms with Crippen LogP contribution in [0.25, 0.3) is 0 Å². The topological polar surface area (TPSA) is 68.4 Å². The third-order valence-corrected chi connectivity index (χ3v) is 3.21. The summed E-state index contributed by atoms with van der Waals surface area (Å²) in [5, 5.41) is 10.0. The molecule has 1 aromatic heterocycles. The number of hydrogen-bond acceptors (Lipinski definition) is 4. The molecule has 0 aromatic carbocycles. The number of anilines is 1. The standard InChI is InChI=1S/C13H20N2O2/c14-13-4-5-15-9-10(13)7-11(16)8-12-3-1-2-6-17-12/h4-5,9,11-12,16H,1-3,6-8H2,(H2,14,15). The fourth-order valence-electron chi connectivity index (χ4n) is 2.24. The SMILES string of the molecule is Nc1ccncc1CC(O)CC1CCCCO1. The molecule has 1 aliphatic heterocycles. The molecule has 1 aromatic rings. The first-order valence-corrected chi connectivity index (χ1v) is 6.23. The maximum absolute atomic E-state index is 10.0. The normalized spacial score (nSPS) is 22.3. The van der Waals surface area contributed by atoms with Gasteiger partial charge in [-0.1, -0.05) is 0 Å². The van der Waals surface area contributed by atoms with Crippen LogP contribution in [0.2, 0.25) is 0 Å². The van der Waals surface area contributed by atoms with Crippen LogP contribution in [0, 0.1) is 0 Å². The van der Waals surface area contributed by atoms with Gasteiger partial charge in [-0.2, -0.15) is 0 Å². The molecule has 2 heterocycles. The van der Waals surface area contributed by atoms with Gasteiger partial charge >= 0.3 is 0 Å². The molecular formula is C13H20N2O2. The second-order valence-electron chi connectivity index (χ2n) is 4.66. The van der Waals surface area contributed by atoms with Gasteiger partial charge in [0.15, 0.2) is 0 Å². The minimum Gasteiger partial charge on any atom is -0.398 e. The van der Waals surface area contributed by atoms with E-state index in [0.29, 0.717) is 18.5 Å². The lowest BCUT2D eigenvalue weighted by atomic mass is 9.99. The van der Waals surface area contributed by atoms with Crippen LogP contribution in [0.15, 0.2) is 18.5 Å². The summed E-state index contributed by atoms with van der Waals surface area (Å²) in [4.78, 5) is 4.02. The first kappa shape index (κ1) is 12.3. The highest BCUT2D eigenvalue weighted by Crippen LogP contribution is 2.20. The van der Waals surface area contributed by atoms with Gasteiger partial charge in [-0.25, -0.2) is 0 Å². The average Bonchev–Trinajstić information content (AvgIpc) is 2.33. The molecular weight excluding hydrogens is 216 g/mol. The van der Waals surface area contributed by atoms with E-state index in [9.17, 15) is 5.11 Å². The Balaban J connectivity index is 1.84. The van der Waals surface area contributed by atoms with Gasteiger partial charge in [0.1, 0.15) is 0 Å². The monoisotopic (exact) mass is 236 g/mol. The summed E-state index contributed by atoms with van der Waals surface area (Å²) in [5.74, 6) is 0. The Morgan fingerprint density at radius 2 is 2.41 bits per heavy atom. The van der Waals surface area contributed by atoms with Gasteiger partial charge in [-0.05, 0) is 37.3 Å². The van der Waals surface area contributed by atoms with Gasteiger partial charge in [0.05, 0.1) is 12.2 Å². The van der Waals surface area contributed by atoms with E-state index in [1.165, 1.54) is 6.42 Å². The molecule has 0 aliphatic carbocycles. The number of pyridine rings is 1. The van der Waals surface area contributed by atoms with Crippen LogP contribution in [0.1, 0.15) is 31.2 Å². The van der Waals surface area contributed by atoms with Crippen molar-refractivity contribution >= 4 is 5.69 Å². The van der Waals surface area contributed by atoms with E-state index in [1.807, 2.05) is 0 Å². The van der Waals surface area contributed by atoms with Gasteiger partial charge in [0, 0.05) is 31.1 Å². The zero-order valence-corrected chi connectivity index (χ0v) is 10.0. The minimum atomic E-state index is -0.399. The van der Waals surface area contributed by atoms with Gasteiger partial charge < -0.3 is 15.6 Å². The third kappa shape index (κ3) is 3.68. The lowest BCUT2D eigenvalue weighted by molar-refractivity contribution is -0.0147. The number of nitrogen functional groups attached to an aromatic ring is 1. The molecule has 3 N–H and O–H groups in total. The summed E-state index contributed by atoms with van der Waals surface area (Å²) in [6.45, 7) is 0.826. The maximum atomic E-state index is 10.0. The predicted octanol–water partition coefficient (Wildman–Crippen LogP) is 1.53. The second kappa shape index (κ2) is 5.98. The quantitative estimate of drug-likeness (QED) is 0.831. The van der Waals surface area contributed by atoms with Gasteiger partial charge in [-0.15, -0.1) is 0 Å². The molecule has 17 heavy (non-hydrogen) atoms. The van der Waals surface area contributed by atoms with Crippen LogP contribution in [0.3, 0.4) is 0 Å². The molecule has 0 saturated carbocycles. The number of nitrogens with two attached hydrogens (primary N) is 1. The van der Waals surface area contributed by atoms with Gasteiger partial charge in [-0.3, -0.25) is 4.98 Å². The fraction of sp³-hybridized carbons (Fsp3) is 0.615. The molecule has 1 aliphatic rings. The number of aliphatic hydroxyl groups excluding tert-OH is 1. The van der Waals surface area contributed by atoms with Crippen LogP contribution in [-0.4, -0.2) is 28.9 Å². The Labute approximate surface area is 102 Å². The summed E-state index contributed by atoms with van der Waals surface area (Å²) in [6, 6.07) is 1.76. The highest BCUT2D eigenvalue weighted by molar-refractivity contribution is 5.44. The number of nitrogens with zero attached hydrogens (tertiary/aromatic N) is 1. The lowest BCUT2D eigenvalue weighted by Gasteiger charge is -2.24. The minimum absolute atomic E-state index is 0.205. The van der Waals surface area contributed by atoms with E-state index in [2.05, 4.69) is 4.98 Å². The Kier molecular flexibility index (Phi) is 4.34. The summed E-state index contributed by atoms with van der Waals surface area (Å²) in [5.41, 5.74) is 7.43. The van der Waals surface area contributed by atoms with Crippen LogP contribution < -0.4 is 5.73 Å². The van der Waals surface area contributed by atoms with Crippen LogP contribution in [-0.2, 0) is 11.2 Å².